The van der Waals surface area contributed by atoms with Crippen molar-refractivity contribution < 1.29 is 4.79 Å². The first kappa shape index (κ1) is 23.0. The van der Waals surface area contributed by atoms with Crippen LogP contribution in [0.3, 0.4) is 0 Å². The van der Waals surface area contributed by atoms with Gasteiger partial charge in [0, 0.05) is 12.7 Å². The van der Waals surface area contributed by atoms with Crippen LogP contribution in [0.5, 0.6) is 0 Å². The van der Waals surface area contributed by atoms with Crippen molar-refractivity contribution in [2.24, 2.45) is 0 Å². The number of amides is 1. The Balaban J connectivity index is 1.53. The van der Waals surface area contributed by atoms with Crippen molar-refractivity contribution in [1.82, 2.24) is 14.3 Å². The highest BCUT2D eigenvalue weighted by Gasteiger charge is 2.36. The van der Waals surface area contributed by atoms with Crippen LogP contribution in [-0.4, -0.2) is 24.5 Å². The molecule has 1 saturated heterocycles. The normalized spacial score (nSPS) is 15.7. The fraction of sp³-hybridized carbons (Fsp3) is 0.111. The lowest BCUT2D eigenvalue weighted by atomic mass is 10.1. The minimum atomic E-state index is -0.257. The third-order valence-corrected chi connectivity index (χ3v) is 7.17. The topological polar surface area (TPSA) is 66.7 Å². The Morgan fingerprint density at radius 3 is 2.43 bits per heavy atom. The van der Waals surface area contributed by atoms with Crippen LogP contribution >= 0.6 is 24.0 Å². The number of carbonyl (C=O) groups excluding carboxylic acids is 1. The summed E-state index contributed by atoms with van der Waals surface area (Å²) >= 11 is 6.76. The summed E-state index contributed by atoms with van der Waals surface area (Å²) in [6, 6.07) is 24.8. The zero-order valence-corrected chi connectivity index (χ0v) is 20.6. The number of pyridine rings is 1. The van der Waals surface area contributed by atoms with E-state index in [1.807, 2.05) is 73.7 Å². The van der Waals surface area contributed by atoms with Gasteiger partial charge in [0.15, 0.2) is 0 Å². The number of nitrogens with one attached hydrogen (secondary N) is 1. The number of carbonyl (C=O) groups is 1. The molecule has 1 unspecified atom stereocenters. The van der Waals surface area contributed by atoms with Gasteiger partial charge in [-0.25, -0.2) is 4.98 Å². The van der Waals surface area contributed by atoms with Gasteiger partial charge in [-0.05, 0) is 36.3 Å². The molecule has 6 nitrogen and oxygen atoms in total. The van der Waals surface area contributed by atoms with Gasteiger partial charge in [0.05, 0.1) is 16.5 Å². The third kappa shape index (κ3) is 4.62. The maximum absolute atomic E-state index is 13.4. The SMILES string of the molecule is CC(c1ccccc1)N1C(=O)/C(=C/c2c(NCc3ccccc3)nc3ccccn3c2=O)SC1=S. The molecule has 3 heterocycles. The van der Waals surface area contributed by atoms with E-state index in [-0.39, 0.29) is 17.5 Å². The van der Waals surface area contributed by atoms with Crippen molar-refractivity contribution in [3.05, 3.63) is 117 Å². The fourth-order valence-electron chi connectivity index (χ4n) is 3.97. The number of benzene rings is 2. The monoisotopic (exact) mass is 498 g/mol. The zero-order chi connectivity index (χ0) is 24.4. The molecular formula is C27H22N4O2S2. The number of hydrogen-bond acceptors (Lipinski definition) is 6. The molecule has 174 valence electrons. The number of hydrogen-bond donors (Lipinski definition) is 1. The van der Waals surface area contributed by atoms with Crippen molar-refractivity contribution in [1.29, 1.82) is 0 Å². The largest absolute Gasteiger partial charge is 0.365 e. The van der Waals surface area contributed by atoms with Gasteiger partial charge in [0.2, 0.25) is 0 Å². The molecule has 8 heteroatoms. The summed E-state index contributed by atoms with van der Waals surface area (Å²) in [5.41, 5.74) is 2.62. The molecule has 1 aliphatic heterocycles. The van der Waals surface area contributed by atoms with Gasteiger partial charge in [0.1, 0.15) is 15.8 Å². The zero-order valence-electron chi connectivity index (χ0n) is 18.9. The highest BCUT2D eigenvalue weighted by atomic mass is 32.2. The molecule has 35 heavy (non-hydrogen) atoms. The number of nitrogens with zero attached hydrogens (tertiary/aromatic N) is 3. The molecule has 2 aromatic carbocycles. The molecule has 0 saturated carbocycles. The van der Waals surface area contributed by atoms with Crippen molar-refractivity contribution in [3.63, 3.8) is 0 Å². The second-order valence-corrected chi connectivity index (χ2v) is 9.76. The summed E-state index contributed by atoms with van der Waals surface area (Å²) in [5, 5.41) is 3.29. The van der Waals surface area contributed by atoms with E-state index in [1.54, 1.807) is 29.3 Å². The van der Waals surface area contributed by atoms with Gasteiger partial charge >= 0.3 is 0 Å². The number of anilines is 1. The number of rotatable bonds is 6. The van der Waals surface area contributed by atoms with Crippen LogP contribution in [0, 0.1) is 0 Å². The molecule has 1 fully saturated rings. The number of fused-ring (bicyclic) bond motifs is 1. The summed E-state index contributed by atoms with van der Waals surface area (Å²) in [4.78, 5) is 33.5. The highest BCUT2D eigenvalue weighted by molar-refractivity contribution is 8.26. The van der Waals surface area contributed by atoms with E-state index in [1.165, 1.54) is 16.2 Å². The quantitative estimate of drug-likeness (QED) is 0.289. The molecular weight excluding hydrogens is 476 g/mol. The van der Waals surface area contributed by atoms with E-state index in [4.69, 9.17) is 12.2 Å². The first-order valence-corrected chi connectivity index (χ1v) is 12.4. The van der Waals surface area contributed by atoms with Crippen molar-refractivity contribution in [2.75, 3.05) is 5.32 Å². The fourth-order valence-corrected chi connectivity index (χ4v) is 5.37. The second kappa shape index (κ2) is 9.85. The number of thiocarbonyl (C=S) groups is 1. The minimum Gasteiger partial charge on any atom is -0.365 e. The predicted octanol–water partition coefficient (Wildman–Crippen LogP) is 5.27. The lowest BCUT2D eigenvalue weighted by molar-refractivity contribution is -0.123. The van der Waals surface area contributed by atoms with Gasteiger partial charge < -0.3 is 5.32 Å². The molecule has 1 amide bonds. The van der Waals surface area contributed by atoms with Crippen molar-refractivity contribution in [3.8, 4) is 0 Å². The Hall–Kier alpha value is -3.75. The number of thioether (sulfide) groups is 1. The van der Waals surface area contributed by atoms with E-state index in [2.05, 4.69) is 10.3 Å². The van der Waals surface area contributed by atoms with Crippen LogP contribution in [0.15, 0.2) is 94.8 Å². The highest BCUT2D eigenvalue weighted by Crippen LogP contribution is 2.38. The van der Waals surface area contributed by atoms with Crippen LogP contribution < -0.4 is 10.9 Å². The average Bonchev–Trinajstić information content (AvgIpc) is 3.17. The van der Waals surface area contributed by atoms with E-state index in [0.29, 0.717) is 32.8 Å². The van der Waals surface area contributed by atoms with Gasteiger partial charge in [0.25, 0.3) is 11.5 Å². The van der Waals surface area contributed by atoms with Gasteiger partial charge in [-0.15, -0.1) is 0 Å². The first-order valence-electron chi connectivity index (χ1n) is 11.1. The predicted molar refractivity (Wildman–Crippen MR) is 145 cm³/mol. The van der Waals surface area contributed by atoms with Gasteiger partial charge in [-0.3, -0.25) is 18.9 Å². The van der Waals surface area contributed by atoms with Crippen LogP contribution in [-0.2, 0) is 11.3 Å². The molecule has 0 spiro atoms. The second-order valence-electron chi connectivity index (χ2n) is 8.09. The lowest BCUT2D eigenvalue weighted by Crippen LogP contribution is -2.31. The van der Waals surface area contributed by atoms with E-state index in [9.17, 15) is 9.59 Å². The van der Waals surface area contributed by atoms with E-state index in [0.717, 1.165) is 11.1 Å². The van der Waals surface area contributed by atoms with E-state index < -0.39 is 0 Å². The molecule has 0 bridgehead atoms. The maximum atomic E-state index is 13.4. The van der Waals surface area contributed by atoms with Crippen LogP contribution in [0.2, 0.25) is 0 Å². The summed E-state index contributed by atoms with van der Waals surface area (Å²) in [5.74, 6) is 0.203. The molecule has 1 aliphatic rings. The average molecular weight is 499 g/mol. The third-order valence-electron chi connectivity index (χ3n) is 5.84. The molecule has 2 aromatic heterocycles. The summed E-state index contributed by atoms with van der Waals surface area (Å²) in [6.07, 6.45) is 3.28. The molecule has 5 rings (SSSR count). The maximum Gasteiger partial charge on any atom is 0.267 e. The molecule has 0 radical (unpaired) electrons. The van der Waals surface area contributed by atoms with Crippen molar-refractivity contribution >= 4 is 51.7 Å². The van der Waals surface area contributed by atoms with Gasteiger partial charge in [-0.2, -0.15) is 0 Å². The smallest absolute Gasteiger partial charge is 0.267 e. The molecule has 4 aromatic rings. The van der Waals surface area contributed by atoms with Crippen molar-refractivity contribution in [2.45, 2.75) is 19.5 Å². The molecule has 1 atom stereocenters. The summed E-state index contributed by atoms with van der Waals surface area (Å²) < 4.78 is 1.94. The van der Waals surface area contributed by atoms with Crippen LogP contribution in [0.4, 0.5) is 5.82 Å². The minimum absolute atomic E-state index is 0.220. The van der Waals surface area contributed by atoms with Gasteiger partial charge in [-0.1, -0.05) is 90.7 Å². The Kier molecular flexibility index (Phi) is 6.48. The Labute approximate surface area is 212 Å². The van der Waals surface area contributed by atoms with Crippen LogP contribution in [0.1, 0.15) is 29.7 Å². The number of aromatic nitrogens is 2. The Morgan fingerprint density at radius 1 is 1.00 bits per heavy atom. The summed E-state index contributed by atoms with van der Waals surface area (Å²) in [7, 11) is 0. The van der Waals surface area contributed by atoms with Crippen LogP contribution in [0.25, 0.3) is 11.7 Å². The molecule has 1 N–H and O–H groups in total. The summed E-state index contributed by atoms with van der Waals surface area (Å²) in [6.45, 7) is 2.44. The lowest BCUT2D eigenvalue weighted by Gasteiger charge is -2.23. The molecule has 0 aliphatic carbocycles. The standard InChI is InChI=1S/C27H22N4O2S2/c1-18(20-12-6-3-7-13-20)31-26(33)22(35-27(31)34)16-21-24(28-17-19-10-4-2-5-11-19)29-23-14-8-9-15-30(23)25(21)32/h2-16,18,28H,17H2,1H3/b22-16-. The first-order chi connectivity index (χ1) is 17.0. The van der Waals surface area contributed by atoms with E-state index >= 15 is 0 Å². The Morgan fingerprint density at radius 2 is 1.69 bits per heavy atom. The Bertz CT molecular complexity index is 1500.